The molecule has 0 aliphatic carbocycles. The van der Waals surface area contributed by atoms with E-state index in [4.69, 9.17) is 0 Å². The van der Waals surface area contributed by atoms with Gasteiger partial charge in [0.25, 0.3) is 0 Å². The van der Waals surface area contributed by atoms with Crippen LogP contribution in [0.4, 0.5) is 0 Å². The molecule has 1 aromatic carbocycles. The molecule has 0 amide bonds. The average Bonchev–Trinajstić information content (AvgIpc) is 3.68. The van der Waals surface area contributed by atoms with Gasteiger partial charge >= 0.3 is 5.97 Å². The van der Waals surface area contributed by atoms with Gasteiger partial charge in [-0.25, -0.2) is 4.79 Å². The fourth-order valence-corrected chi connectivity index (χ4v) is 16.7. The molecule has 6 rings (SSSR count). The fraction of sp³-hybridized carbons (Fsp3) is 0.455. The first kappa shape index (κ1) is 24.0. The summed E-state index contributed by atoms with van der Waals surface area (Å²) in [5.41, 5.74) is 11.9. The first-order chi connectivity index (χ1) is 16.7. The Morgan fingerprint density at radius 3 is 1.03 bits per heavy atom. The number of nitrogens with one attached hydrogen (secondary N) is 5. The van der Waals surface area contributed by atoms with Crippen molar-refractivity contribution in [2.24, 2.45) is 0 Å². The van der Waals surface area contributed by atoms with Gasteiger partial charge in [-0.1, -0.05) is 0 Å². The van der Waals surface area contributed by atoms with E-state index in [1.165, 1.54) is 14.7 Å². The maximum Gasteiger partial charge on any atom is 0.338 e. The Labute approximate surface area is 212 Å². The van der Waals surface area contributed by atoms with Gasteiger partial charge in [0.2, 0.25) is 0 Å². The van der Waals surface area contributed by atoms with Crippen molar-refractivity contribution < 1.29 is 9.90 Å². The van der Waals surface area contributed by atoms with Crippen LogP contribution >= 0.6 is 52.4 Å². The minimum atomic E-state index is -0.747. The molecular formula is C22H31N5O2S5. The summed E-state index contributed by atoms with van der Waals surface area (Å²) < 4.78 is 0. The Kier molecular flexibility index (Phi) is 7.42. The molecule has 0 spiro atoms. The van der Waals surface area contributed by atoms with E-state index in [0.717, 1.165) is 71.3 Å². The van der Waals surface area contributed by atoms with Crippen LogP contribution in [-0.2, 0) is 0 Å². The number of hydrogen-bond donors (Lipinski definition) is 6. The summed E-state index contributed by atoms with van der Waals surface area (Å²) in [4.78, 5) is 19.7. The summed E-state index contributed by atoms with van der Waals surface area (Å²) in [5, 5.41) is 28.1. The molecule has 186 valence electrons. The molecule has 0 fully saturated rings. The predicted molar refractivity (Wildman–Crippen MR) is 157 cm³/mol. The Morgan fingerprint density at radius 1 is 0.529 bits per heavy atom. The van der Waals surface area contributed by atoms with Gasteiger partial charge in [0.05, 0.1) is 5.56 Å². The molecule has 34 heavy (non-hydrogen) atoms. The summed E-state index contributed by atoms with van der Waals surface area (Å²) in [6, 6.07) is 0. The van der Waals surface area contributed by atoms with E-state index in [1.807, 2.05) is 0 Å². The monoisotopic (exact) mass is 557 g/mol. The predicted octanol–water partition coefficient (Wildman–Crippen LogP) is 1.34. The summed E-state index contributed by atoms with van der Waals surface area (Å²) in [7, 11) is -0.594. The summed E-state index contributed by atoms with van der Waals surface area (Å²) in [6.07, 6.45) is 0. The van der Waals surface area contributed by atoms with Crippen LogP contribution in [0.25, 0.3) is 0 Å². The third-order valence-electron chi connectivity index (χ3n) is 6.26. The molecule has 0 saturated heterocycles. The zero-order valence-electron chi connectivity index (χ0n) is 18.9. The van der Waals surface area contributed by atoms with Gasteiger partial charge < -0.3 is 5.11 Å². The molecule has 5 atom stereocenters. The molecule has 6 N–H and O–H groups in total. The summed E-state index contributed by atoms with van der Waals surface area (Å²) >= 11 is 0. The zero-order chi connectivity index (χ0) is 23.1. The van der Waals surface area contributed by atoms with E-state index in [2.05, 4.69) is 54.0 Å². The highest BCUT2D eigenvalue weighted by Gasteiger charge is 2.35. The Balaban J connectivity index is 1.80. The van der Waals surface area contributed by atoms with Crippen LogP contribution in [0.5, 0.6) is 0 Å². The fourth-order valence-electron chi connectivity index (χ4n) is 4.79. The first-order valence-corrected chi connectivity index (χ1v) is 18.8. The maximum absolute atomic E-state index is 13.2. The first-order valence-electron chi connectivity index (χ1n) is 11.5. The molecule has 0 saturated carbocycles. The summed E-state index contributed by atoms with van der Waals surface area (Å²) in [6.45, 7) is 4.77. The third kappa shape index (κ3) is 4.33. The van der Waals surface area contributed by atoms with Crippen molar-refractivity contribution in [3.05, 3.63) is 5.56 Å². The number of hydrogen-bond acceptors (Lipinski definition) is 6. The Morgan fingerprint density at radius 2 is 0.794 bits per heavy atom. The maximum atomic E-state index is 13.2. The van der Waals surface area contributed by atoms with E-state index in [9.17, 15) is 9.90 Å². The second-order valence-electron chi connectivity index (χ2n) is 8.35. The van der Waals surface area contributed by atoms with Crippen LogP contribution in [-0.4, -0.2) is 100 Å². The second-order valence-corrected chi connectivity index (χ2v) is 17.9. The smallest absolute Gasteiger partial charge is 0.338 e. The van der Waals surface area contributed by atoms with Crippen LogP contribution < -0.4 is 26.6 Å². The third-order valence-corrected chi connectivity index (χ3v) is 16.9. The molecule has 12 heteroatoms. The van der Waals surface area contributed by atoms with Gasteiger partial charge in [-0.05, 0) is 0 Å². The van der Waals surface area contributed by atoms with Gasteiger partial charge in [-0.2, -0.15) is 0 Å². The highest BCUT2D eigenvalue weighted by Crippen LogP contribution is 2.58. The van der Waals surface area contributed by atoms with Crippen molar-refractivity contribution in [1.82, 2.24) is 26.6 Å². The molecule has 1 aromatic rings. The second kappa shape index (κ2) is 10.5. The van der Waals surface area contributed by atoms with Crippen molar-refractivity contribution in [2.45, 2.75) is 24.5 Å². The molecule has 7 nitrogen and oxygen atoms in total. The zero-order valence-corrected chi connectivity index (χ0v) is 22.9. The van der Waals surface area contributed by atoms with Crippen molar-refractivity contribution in [1.29, 1.82) is 0 Å². The van der Waals surface area contributed by atoms with E-state index in [1.54, 1.807) is 0 Å². The molecule has 0 radical (unpaired) electrons. The molecule has 5 unspecified atom stereocenters. The lowest BCUT2D eigenvalue weighted by Gasteiger charge is -2.29. The minimum absolute atomic E-state index is 0.0185. The van der Waals surface area contributed by atoms with Gasteiger partial charge in [0.1, 0.15) is 0 Å². The highest BCUT2D eigenvalue weighted by molar-refractivity contribution is 8.21. The van der Waals surface area contributed by atoms with E-state index >= 15 is 0 Å². The molecule has 0 bridgehead atoms. The number of aromatic carboxylic acids is 1. The van der Waals surface area contributed by atoms with Crippen LogP contribution in [0.2, 0.25) is 0 Å². The number of carbonyl (C=O) groups is 1. The largest absolute Gasteiger partial charge is 0.478 e. The van der Waals surface area contributed by atoms with E-state index < -0.39 is 5.97 Å². The lowest BCUT2D eigenvalue weighted by Crippen LogP contribution is -2.11. The van der Waals surface area contributed by atoms with E-state index in [-0.39, 0.29) is 52.4 Å². The lowest BCUT2D eigenvalue weighted by atomic mass is 10.2. The topological polar surface area (TPSA) is 97.5 Å². The van der Waals surface area contributed by atoms with Crippen LogP contribution in [0.15, 0.2) is 24.5 Å². The standard InChI is InChI=1S/C22H31N5O2S5/c28-22(29)16-17(30-6-1-23-11-30)19(32-8-3-25-13-32)21(34-10-5-27-15-34)20(33-9-4-26-14-33)18(16)31-7-2-24-12-31/h11-15,23-27H,1-10H2,(H,28,29). The average molecular weight is 558 g/mol. The van der Waals surface area contributed by atoms with Gasteiger partial charge in [-0.15, -0.1) is 52.4 Å². The van der Waals surface area contributed by atoms with Crippen LogP contribution in [0, 0.1) is 0 Å². The lowest BCUT2D eigenvalue weighted by molar-refractivity contribution is 0.0687. The SMILES string of the molecule is O=C(O)c1c(S2=CNCC2)c(S2=CNCC2)c(S2=CNCC2)c(S2=CNCC2)c1S1=CNCC1. The summed E-state index contributed by atoms with van der Waals surface area (Å²) in [5.74, 6) is 4.45. The van der Waals surface area contributed by atoms with E-state index in [0.29, 0.717) is 5.56 Å². The molecule has 0 aromatic heterocycles. The van der Waals surface area contributed by atoms with Crippen molar-refractivity contribution >= 4 is 85.8 Å². The molecular weight excluding hydrogens is 527 g/mol. The minimum Gasteiger partial charge on any atom is -0.478 e. The van der Waals surface area contributed by atoms with Crippen molar-refractivity contribution in [3.63, 3.8) is 0 Å². The van der Waals surface area contributed by atoms with Crippen LogP contribution in [0.1, 0.15) is 10.4 Å². The number of benzene rings is 1. The van der Waals surface area contributed by atoms with Crippen LogP contribution in [0.3, 0.4) is 0 Å². The van der Waals surface area contributed by atoms with Gasteiger partial charge in [-0.3, -0.25) is 26.6 Å². The number of rotatable bonds is 6. The number of carboxylic acid groups (broad SMARTS) is 1. The highest BCUT2D eigenvalue weighted by atomic mass is 32.2. The Bertz CT molecular complexity index is 1160. The van der Waals surface area contributed by atoms with Crippen molar-refractivity contribution in [3.8, 4) is 0 Å². The quantitative estimate of drug-likeness (QED) is 0.294. The normalized spacial score (nSPS) is 32.6. The van der Waals surface area contributed by atoms with Gasteiger partial charge in [0, 0.05) is 113 Å². The molecule has 5 aliphatic rings. The molecule has 5 aliphatic heterocycles. The molecule has 5 heterocycles. The van der Waals surface area contributed by atoms with Gasteiger partial charge in [0.15, 0.2) is 0 Å². The number of carboxylic acids is 1. The Hall–Kier alpha value is -0.410. The van der Waals surface area contributed by atoms with Crippen molar-refractivity contribution in [2.75, 3.05) is 61.5 Å².